The number of nitrogens with one attached hydrogen (secondary N) is 1. The van der Waals surface area contributed by atoms with Gasteiger partial charge in [-0.2, -0.15) is 0 Å². The third-order valence-corrected chi connectivity index (χ3v) is 6.20. The molecule has 0 bridgehead atoms. The maximum absolute atomic E-state index is 13.0. The molecular weight excluding hydrogens is 356 g/mol. The fourth-order valence-electron chi connectivity index (χ4n) is 4.49. The number of benzene rings is 2. The average Bonchev–Trinajstić information content (AvgIpc) is 2.78. The summed E-state index contributed by atoms with van der Waals surface area (Å²) in [7, 11) is 0. The topological polar surface area (TPSA) is 32.3 Å². The second kappa shape index (κ2) is 9.13. The Balaban J connectivity index is 1.47. The lowest BCUT2D eigenvalue weighted by Gasteiger charge is -2.33. The van der Waals surface area contributed by atoms with Crippen LogP contribution in [0.2, 0.25) is 0 Å². The Hall–Kier alpha value is -2.81. The minimum absolute atomic E-state index is 0.0199. The molecule has 0 spiro atoms. The van der Waals surface area contributed by atoms with Crippen molar-refractivity contribution in [3.63, 3.8) is 0 Å². The fraction of sp³-hybridized carbons (Fsp3) is 0.346. The number of para-hydroxylation sites is 1. The van der Waals surface area contributed by atoms with E-state index in [1.165, 1.54) is 44.2 Å². The molecule has 3 nitrogen and oxygen atoms in total. The molecule has 1 fully saturated rings. The Morgan fingerprint density at radius 3 is 2.59 bits per heavy atom. The van der Waals surface area contributed by atoms with E-state index in [0.29, 0.717) is 6.54 Å². The van der Waals surface area contributed by atoms with Crippen molar-refractivity contribution in [2.75, 3.05) is 23.3 Å². The van der Waals surface area contributed by atoms with Gasteiger partial charge in [0.05, 0.1) is 0 Å². The molecule has 1 amide bonds. The van der Waals surface area contributed by atoms with Crippen LogP contribution in [0.1, 0.15) is 49.7 Å². The van der Waals surface area contributed by atoms with Crippen LogP contribution in [0.4, 0.5) is 11.4 Å². The molecule has 0 radical (unpaired) electrons. The predicted molar refractivity (Wildman–Crippen MR) is 123 cm³/mol. The molecule has 2 aromatic carbocycles. The second-order valence-corrected chi connectivity index (χ2v) is 8.22. The summed E-state index contributed by atoms with van der Waals surface area (Å²) in [6, 6.07) is 16.2. The molecule has 0 unspecified atom stereocenters. The first-order chi connectivity index (χ1) is 14.2. The van der Waals surface area contributed by atoms with Crippen LogP contribution in [0, 0.1) is 5.92 Å². The second-order valence-electron chi connectivity index (χ2n) is 8.22. The number of rotatable bonds is 6. The Kier molecular flexibility index (Phi) is 6.14. The van der Waals surface area contributed by atoms with E-state index < -0.39 is 0 Å². The van der Waals surface area contributed by atoms with Crippen LogP contribution < -0.4 is 10.2 Å². The van der Waals surface area contributed by atoms with E-state index >= 15 is 0 Å². The highest BCUT2D eigenvalue weighted by atomic mass is 16.1. The third kappa shape index (κ3) is 4.79. The minimum Gasteiger partial charge on any atom is -0.367 e. The predicted octanol–water partition coefficient (Wildman–Crippen LogP) is 6.14. The summed E-state index contributed by atoms with van der Waals surface area (Å²) >= 11 is 0. The molecule has 4 rings (SSSR count). The average molecular weight is 387 g/mol. The molecule has 29 heavy (non-hydrogen) atoms. The van der Waals surface area contributed by atoms with Crippen LogP contribution in [0.5, 0.6) is 0 Å². The standard InChI is InChI=1S/C26H30N2O/c1-2-20-12-14-24(15-13-20)27-26(29)23-18-22-10-6-7-11-25(22)28(19-23)17-16-21-8-4-3-5-9-21/h2,6-7,10-15,18,21H,1,3-5,8-9,16-17,19H2,(H,27,29). The Morgan fingerprint density at radius 2 is 1.83 bits per heavy atom. The zero-order valence-electron chi connectivity index (χ0n) is 17.1. The maximum Gasteiger partial charge on any atom is 0.253 e. The summed E-state index contributed by atoms with van der Waals surface area (Å²) in [6.07, 6.45) is 11.9. The highest BCUT2D eigenvalue weighted by Gasteiger charge is 2.23. The van der Waals surface area contributed by atoms with Crippen molar-refractivity contribution in [3.8, 4) is 0 Å². The monoisotopic (exact) mass is 386 g/mol. The van der Waals surface area contributed by atoms with Gasteiger partial charge in [0, 0.05) is 30.0 Å². The molecule has 0 saturated heterocycles. The summed E-state index contributed by atoms with van der Waals surface area (Å²) in [5.41, 5.74) is 5.06. The summed E-state index contributed by atoms with van der Waals surface area (Å²) in [5, 5.41) is 3.05. The van der Waals surface area contributed by atoms with Crippen molar-refractivity contribution in [1.82, 2.24) is 0 Å². The SMILES string of the molecule is C=Cc1ccc(NC(=O)C2=Cc3ccccc3N(CCC3CCCCC3)C2)cc1. The highest BCUT2D eigenvalue weighted by Crippen LogP contribution is 2.32. The number of anilines is 2. The van der Waals surface area contributed by atoms with Gasteiger partial charge >= 0.3 is 0 Å². The number of hydrogen-bond acceptors (Lipinski definition) is 2. The molecule has 1 saturated carbocycles. The first-order valence-corrected chi connectivity index (χ1v) is 10.8. The molecule has 1 aliphatic heterocycles. The minimum atomic E-state index is -0.0199. The Morgan fingerprint density at radius 1 is 1.07 bits per heavy atom. The number of fused-ring (bicyclic) bond motifs is 1. The van der Waals surface area contributed by atoms with E-state index in [1.807, 2.05) is 36.4 Å². The zero-order valence-corrected chi connectivity index (χ0v) is 17.1. The van der Waals surface area contributed by atoms with Crippen molar-refractivity contribution in [1.29, 1.82) is 0 Å². The maximum atomic E-state index is 13.0. The summed E-state index contributed by atoms with van der Waals surface area (Å²) in [5.74, 6) is 0.816. The van der Waals surface area contributed by atoms with Gasteiger partial charge in [-0.05, 0) is 47.7 Å². The molecule has 1 heterocycles. The first-order valence-electron chi connectivity index (χ1n) is 10.8. The molecule has 3 heteroatoms. The highest BCUT2D eigenvalue weighted by molar-refractivity contribution is 6.08. The lowest BCUT2D eigenvalue weighted by molar-refractivity contribution is -0.112. The van der Waals surface area contributed by atoms with Crippen LogP contribution >= 0.6 is 0 Å². The van der Waals surface area contributed by atoms with Gasteiger partial charge < -0.3 is 10.2 Å². The fourth-order valence-corrected chi connectivity index (χ4v) is 4.49. The van der Waals surface area contributed by atoms with Crippen molar-refractivity contribution in [3.05, 3.63) is 71.8 Å². The molecule has 2 aliphatic rings. The number of hydrogen-bond donors (Lipinski definition) is 1. The molecule has 1 N–H and O–H groups in total. The van der Waals surface area contributed by atoms with E-state index in [0.717, 1.165) is 34.9 Å². The van der Waals surface area contributed by atoms with Gasteiger partial charge in [-0.3, -0.25) is 4.79 Å². The molecule has 2 aromatic rings. The van der Waals surface area contributed by atoms with E-state index in [9.17, 15) is 4.79 Å². The van der Waals surface area contributed by atoms with Gasteiger partial charge in [-0.25, -0.2) is 0 Å². The van der Waals surface area contributed by atoms with Crippen molar-refractivity contribution in [2.45, 2.75) is 38.5 Å². The van der Waals surface area contributed by atoms with Gasteiger partial charge in [0.25, 0.3) is 5.91 Å². The summed E-state index contributed by atoms with van der Waals surface area (Å²) < 4.78 is 0. The van der Waals surface area contributed by atoms with Crippen LogP contribution in [-0.4, -0.2) is 19.0 Å². The van der Waals surface area contributed by atoms with Gasteiger partial charge in [-0.1, -0.05) is 75.1 Å². The van der Waals surface area contributed by atoms with E-state index in [1.54, 1.807) is 6.08 Å². The Labute approximate surface area is 174 Å². The molecule has 1 aliphatic carbocycles. The van der Waals surface area contributed by atoms with Gasteiger partial charge in [-0.15, -0.1) is 0 Å². The number of nitrogens with zero attached hydrogens (tertiary/aromatic N) is 1. The zero-order chi connectivity index (χ0) is 20.1. The quantitative estimate of drug-likeness (QED) is 0.646. The lowest BCUT2D eigenvalue weighted by atomic mass is 9.86. The molecule has 0 aromatic heterocycles. The lowest BCUT2D eigenvalue weighted by Crippen LogP contribution is -2.34. The van der Waals surface area contributed by atoms with Crippen LogP contribution in [0.15, 0.2) is 60.7 Å². The Bertz CT molecular complexity index is 891. The van der Waals surface area contributed by atoms with Crippen LogP contribution in [0.25, 0.3) is 12.2 Å². The largest absolute Gasteiger partial charge is 0.367 e. The van der Waals surface area contributed by atoms with Crippen LogP contribution in [0.3, 0.4) is 0 Å². The number of carbonyl (C=O) groups is 1. The van der Waals surface area contributed by atoms with E-state index in [4.69, 9.17) is 0 Å². The first kappa shape index (κ1) is 19.5. The van der Waals surface area contributed by atoms with Crippen molar-refractivity contribution < 1.29 is 4.79 Å². The van der Waals surface area contributed by atoms with Gasteiger partial charge in [0.2, 0.25) is 0 Å². The van der Waals surface area contributed by atoms with E-state index in [-0.39, 0.29) is 5.91 Å². The van der Waals surface area contributed by atoms with Gasteiger partial charge in [0.15, 0.2) is 0 Å². The normalized spacial score (nSPS) is 16.7. The molecule has 0 atom stereocenters. The van der Waals surface area contributed by atoms with Crippen molar-refractivity contribution in [2.24, 2.45) is 5.92 Å². The third-order valence-electron chi connectivity index (χ3n) is 6.20. The summed E-state index contributed by atoms with van der Waals surface area (Å²) in [4.78, 5) is 15.3. The molecule has 150 valence electrons. The summed E-state index contributed by atoms with van der Waals surface area (Å²) in [6.45, 7) is 5.45. The molecular formula is C26H30N2O. The number of carbonyl (C=O) groups excluding carboxylic acids is 1. The van der Waals surface area contributed by atoms with Crippen molar-refractivity contribution >= 4 is 29.4 Å². The number of amides is 1. The smallest absolute Gasteiger partial charge is 0.253 e. The van der Waals surface area contributed by atoms with Gasteiger partial charge in [0.1, 0.15) is 0 Å². The van der Waals surface area contributed by atoms with E-state index in [2.05, 4.69) is 35.0 Å². The van der Waals surface area contributed by atoms with Crippen LogP contribution in [-0.2, 0) is 4.79 Å².